The number of nitrogens with two attached hydrogens (primary N) is 1. The van der Waals surface area contributed by atoms with Gasteiger partial charge in [0, 0.05) is 5.71 Å². The lowest BCUT2D eigenvalue weighted by Crippen LogP contribution is -1.98. The van der Waals surface area contributed by atoms with Gasteiger partial charge in [-0.05, 0) is 20.8 Å². The molecule has 0 saturated heterocycles. The van der Waals surface area contributed by atoms with E-state index in [2.05, 4.69) is 12.2 Å². The maximum absolute atomic E-state index is 6.50. The van der Waals surface area contributed by atoms with Crippen LogP contribution in [0, 0.1) is 5.41 Å². The molecule has 2 nitrogen and oxygen atoms in total. The number of rotatable bonds is 0. The second-order valence-corrected chi connectivity index (χ2v) is 2.25. The van der Waals surface area contributed by atoms with Crippen molar-refractivity contribution in [2.75, 3.05) is 0 Å². The second-order valence-electron chi connectivity index (χ2n) is 1.61. The molecular weight excluding hydrogens is 132 g/mol. The van der Waals surface area contributed by atoms with Gasteiger partial charge in [-0.2, -0.15) is 0 Å². The van der Waals surface area contributed by atoms with Crippen LogP contribution in [0.3, 0.4) is 0 Å². The van der Waals surface area contributed by atoms with E-state index in [1.807, 2.05) is 0 Å². The summed E-state index contributed by atoms with van der Waals surface area (Å²) in [5.74, 6) is 0. The van der Waals surface area contributed by atoms with Gasteiger partial charge in [-0.1, -0.05) is 19.6 Å². The highest BCUT2D eigenvalue weighted by molar-refractivity contribution is 7.80. The standard InChI is InChI=1S/C3H7N.C2H5NS.CH4/c1-3(2)4;1-2(3)4;/h4H,1-2H3;1H3,(H2,3,4);1H4. The molecule has 56 valence electrons. The van der Waals surface area contributed by atoms with Crippen molar-refractivity contribution in [1.29, 1.82) is 5.41 Å². The quantitative estimate of drug-likeness (QED) is 0.407. The third-order valence-electron chi connectivity index (χ3n) is 0. The highest BCUT2D eigenvalue weighted by atomic mass is 32.1. The van der Waals surface area contributed by atoms with E-state index in [1.165, 1.54) is 0 Å². The first-order valence-electron chi connectivity index (χ1n) is 2.24. The van der Waals surface area contributed by atoms with Crippen LogP contribution in [0.2, 0.25) is 0 Å². The van der Waals surface area contributed by atoms with Crippen LogP contribution in [-0.4, -0.2) is 10.7 Å². The maximum Gasteiger partial charge on any atom is 0.0695 e. The Morgan fingerprint density at radius 3 is 1.33 bits per heavy atom. The topological polar surface area (TPSA) is 49.9 Å². The lowest BCUT2D eigenvalue weighted by molar-refractivity contribution is 1.45. The predicted molar refractivity (Wildman–Crippen MR) is 48.3 cm³/mol. The summed E-state index contributed by atoms with van der Waals surface area (Å²) in [4.78, 5) is 0.500. The third-order valence-corrected chi connectivity index (χ3v) is 0. The van der Waals surface area contributed by atoms with Crippen LogP contribution in [0.4, 0.5) is 0 Å². The molecular formula is C6H16N2S. The van der Waals surface area contributed by atoms with Crippen LogP contribution in [0.1, 0.15) is 28.2 Å². The van der Waals surface area contributed by atoms with Gasteiger partial charge in [0.15, 0.2) is 0 Å². The lowest BCUT2D eigenvalue weighted by Gasteiger charge is -1.65. The van der Waals surface area contributed by atoms with E-state index in [4.69, 9.17) is 11.1 Å². The zero-order chi connectivity index (χ0) is 7.15. The third kappa shape index (κ3) is 1210. The van der Waals surface area contributed by atoms with E-state index in [1.54, 1.807) is 20.8 Å². The van der Waals surface area contributed by atoms with E-state index in [9.17, 15) is 0 Å². The Labute approximate surface area is 63.0 Å². The van der Waals surface area contributed by atoms with E-state index in [-0.39, 0.29) is 7.43 Å². The molecule has 0 radical (unpaired) electrons. The van der Waals surface area contributed by atoms with Gasteiger partial charge in [-0.25, -0.2) is 0 Å². The summed E-state index contributed by atoms with van der Waals surface area (Å²) in [5, 5.41) is 6.50. The summed E-state index contributed by atoms with van der Waals surface area (Å²) in [6.45, 7) is 5.18. The molecule has 0 aromatic heterocycles. The van der Waals surface area contributed by atoms with Crippen LogP contribution in [0.25, 0.3) is 0 Å². The molecule has 0 unspecified atom stereocenters. The van der Waals surface area contributed by atoms with Gasteiger partial charge in [0.25, 0.3) is 0 Å². The average molecular weight is 148 g/mol. The Bertz CT molecular complexity index is 69.1. The summed E-state index contributed by atoms with van der Waals surface area (Å²) in [6, 6.07) is 0. The summed E-state index contributed by atoms with van der Waals surface area (Å²) in [7, 11) is 0. The molecule has 0 aromatic rings. The van der Waals surface area contributed by atoms with Gasteiger partial charge in [-0.3, -0.25) is 0 Å². The molecule has 0 rings (SSSR count). The highest BCUT2D eigenvalue weighted by Gasteiger charge is 1.55. The summed E-state index contributed by atoms with van der Waals surface area (Å²) in [6.07, 6.45) is 0. The van der Waals surface area contributed by atoms with E-state index in [0.29, 0.717) is 10.7 Å². The van der Waals surface area contributed by atoms with Gasteiger partial charge in [0.2, 0.25) is 0 Å². The number of thiocarbonyl (C=S) groups is 1. The Hall–Kier alpha value is -0.440. The molecule has 0 amide bonds. The van der Waals surface area contributed by atoms with E-state index < -0.39 is 0 Å². The lowest BCUT2D eigenvalue weighted by atomic mass is 10.5. The Morgan fingerprint density at radius 1 is 1.33 bits per heavy atom. The zero-order valence-corrected chi connectivity index (χ0v) is 6.30. The van der Waals surface area contributed by atoms with Crippen molar-refractivity contribution < 1.29 is 0 Å². The molecule has 9 heavy (non-hydrogen) atoms. The SMILES string of the molecule is C.CC(C)=N.CC(N)=S. The van der Waals surface area contributed by atoms with Gasteiger partial charge in [-0.15, -0.1) is 0 Å². The van der Waals surface area contributed by atoms with Crippen molar-refractivity contribution in [3.8, 4) is 0 Å². The van der Waals surface area contributed by atoms with Crippen LogP contribution in [0.5, 0.6) is 0 Å². The summed E-state index contributed by atoms with van der Waals surface area (Å²) < 4.78 is 0. The van der Waals surface area contributed by atoms with Crippen molar-refractivity contribution in [3.05, 3.63) is 0 Å². The molecule has 0 heterocycles. The van der Waals surface area contributed by atoms with E-state index in [0.717, 1.165) is 0 Å². The molecule has 0 aliphatic carbocycles. The highest BCUT2D eigenvalue weighted by Crippen LogP contribution is 1.52. The number of nitrogens with one attached hydrogen (secondary N) is 1. The predicted octanol–water partition coefficient (Wildman–Crippen LogP) is 1.97. The molecule has 0 aliphatic rings. The number of hydrogen-bond acceptors (Lipinski definition) is 2. The largest absolute Gasteiger partial charge is 0.394 e. The first kappa shape index (κ1) is 15.8. The normalized spacial score (nSPS) is 5.67. The van der Waals surface area contributed by atoms with Gasteiger partial charge in [0.05, 0.1) is 4.99 Å². The van der Waals surface area contributed by atoms with Crippen LogP contribution in [-0.2, 0) is 0 Å². The van der Waals surface area contributed by atoms with Gasteiger partial charge >= 0.3 is 0 Å². The molecule has 0 fully saturated rings. The zero-order valence-electron chi connectivity index (χ0n) is 5.49. The molecule has 0 spiro atoms. The molecule has 3 heteroatoms. The second kappa shape index (κ2) is 10.5. The Morgan fingerprint density at radius 2 is 1.33 bits per heavy atom. The fraction of sp³-hybridized carbons (Fsp3) is 0.667. The summed E-state index contributed by atoms with van der Waals surface area (Å²) >= 11 is 4.31. The van der Waals surface area contributed by atoms with Crippen molar-refractivity contribution in [1.82, 2.24) is 0 Å². The molecule has 0 aliphatic heterocycles. The van der Waals surface area contributed by atoms with Crippen molar-refractivity contribution in [2.24, 2.45) is 5.73 Å². The van der Waals surface area contributed by atoms with Gasteiger partial charge < -0.3 is 11.1 Å². The van der Waals surface area contributed by atoms with Crippen molar-refractivity contribution >= 4 is 22.9 Å². The smallest absolute Gasteiger partial charge is 0.0695 e. The maximum atomic E-state index is 6.50. The van der Waals surface area contributed by atoms with Crippen molar-refractivity contribution in [2.45, 2.75) is 28.2 Å². The molecule has 0 bridgehead atoms. The van der Waals surface area contributed by atoms with Crippen LogP contribution in [0.15, 0.2) is 0 Å². The molecule has 0 atom stereocenters. The first-order valence-corrected chi connectivity index (χ1v) is 2.65. The minimum atomic E-state index is 0. The monoisotopic (exact) mass is 148 g/mol. The molecule has 3 N–H and O–H groups in total. The molecule has 0 aromatic carbocycles. The fourth-order valence-corrected chi connectivity index (χ4v) is 0. The first-order chi connectivity index (χ1) is 3.46. The van der Waals surface area contributed by atoms with Gasteiger partial charge in [0.1, 0.15) is 0 Å². The van der Waals surface area contributed by atoms with Crippen LogP contribution < -0.4 is 5.73 Å². The molecule has 0 saturated carbocycles. The average Bonchev–Trinajstić information content (AvgIpc) is 1.25. The Balaban J connectivity index is -0.0000000720. The Kier molecular flexibility index (Phi) is 18.5. The van der Waals surface area contributed by atoms with E-state index >= 15 is 0 Å². The van der Waals surface area contributed by atoms with Crippen molar-refractivity contribution in [3.63, 3.8) is 0 Å². The summed E-state index contributed by atoms with van der Waals surface area (Å²) in [5.41, 5.74) is 5.51. The fourth-order valence-electron chi connectivity index (χ4n) is 0. The minimum absolute atomic E-state index is 0. The number of hydrogen-bond donors (Lipinski definition) is 2. The van der Waals surface area contributed by atoms with Crippen LogP contribution >= 0.6 is 12.2 Å². The minimum Gasteiger partial charge on any atom is -0.394 e.